The Bertz CT molecular complexity index is 2060. The predicted molar refractivity (Wildman–Crippen MR) is 164 cm³/mol. The molecule has 2 aliphatic rings. The van der Waals surface area contributed by atoms with E-state index in [1.54, 1.807) is 11.1 Å². The minimum Gasteiger partial charge on any atom is -0.344 e. The molecule has 1 spiro atoms. The van der Waals surface area contributed by atoms with Gasteiger partial charge in [-0.2, -0.15) is 0 Å². The summed E-state index contributed by atoms with van der Waals surface area (Å²) in [7, 11) is 2.25. The van der Waals surface area contributed by atoms with Crippen LogP contribution in [0.1, 0.15) is 43.2 Å². The van der Waals surface area contributed by atoms with E-state index in [1.165, 1.54) is 97.3 Å². The Labute approximate surface area is 222 Å². The van der Waals surface area contributed by atoms with E-state index in [1.807, 2.05) is 0 Å². The Hall–Kier alpha value is -4.10. The molecular weight excluding hydrogens is 458 g/mol. The molecule has 7 aromatic rings. The number of nitrogens with zero attached hydrogens (tertiary/aromatic N) is 1. The smallest absolute Gasteiger partial charge is 0.0568 e. The summed E-state index contributed by atoms with van der Waals surface area (Å²) in [5.74, 6) is 0. The fraction of sp³-hybridized carbons (Fsp3) is 0.189. The van der Waals surface area contributed by atoms with Crippen LogP contribution in [0, 0.1) is 0 Å². The second-order valence-corrected chi connectivity index (χ2v) is 11.6. The van der Waals surface area contributed by atoms with Crippen molar-refractivity contribution in [2.75, 3.05) is 11.9 Å². The molecular formula is C37H29N. The van der Waals surface area contributed by atoms with Crippen LogP contribution in [-0.4, -0.2) is 7.05 Å². The number of hydrogen-bond donors (Lipinski definition) is 0. The van der Waals surface area contributed by atoms with E-state index >= 15 is 0 Å². The molecule has 0 saturated heterocycles. The summed E-state index contributed by atoms with van der Waals surface area (Å²) in [6.45, 7) is 0. The number of para-hydroxylation sites is 1. The largest absolute Gasteiger partial charge is 0.344 e. The molecule has 2 aliphatic carbocycles. The van der Waals surface area contributed by atoms with Gasteiger partial charge in [-0.15, -0.1) is 0 Å². The zero-order valence-corrected chi connectivity index (χ0v) is 21.7. The molecule has 9 rings (SSSR count). The van der Waals surface area contributed by atoms with Gasteiger partial charge >= 0.3 is 0 Å². The van der Waals surface area contributed by atoms with E-state index in [9.17, 15) is 0 Å². The lowest BCUT2D eigenvalue weighted by Crippen LogP contribution is -2.32. The van der Waals surface area contributed by atoms with Crippen molar-refractivity contribution in [3.05, 3.63) is 108 Å². The molecule has 0 N–H and O–H groups in total. The van der Waals surface area contributed by atoms with Gasteiger partial charge in [0.1, 0.15) is 0 Å². The third kappa shape index (κ3) is 2.39. The lowest BCUT2D eigenvalue weighted by molar-refractivity contribution is 0.350. The molecule has 0 heterocycles. The first-order valence-electron chi connectivity index (χ1n) is 14.2. The van der Waals surface area contributed by atoms with Gasteiger partial charge in [0.05, 0.1) is 5.69 Å². The van der Waals surface area contributed by atoms with Crippen LogP contribution in [0.15, 0.2) is 97.1 Å². The standard InChI is InChI=1S/C37H29N/c1-38(24-12-4-2-5-13-24)36-27-16-9-15-26-25-14-8-11-23-19-20-30-34(31(23)25)35(32(26)27)33-28(36)17-10-18-29(33)37(30)21-6-3-7-22-37/h2,4-5,8-20H,3,6-7,21-22H2,1H3. The van der Waals surface area contributed by atoms with E-state index in [0.717, 1.165) is 0 Å². The van der Waals surface area contributed by atoms with Gasteiger partial charge < -0.3 is 4.90 Å². The quantitative estimate of drug-likeness (QED) is 0.173. The maximum absolute atomic E-state index is 2.50. The number of fused-ring (bicyclic) bond motifs is 3. The van der Waals surface area contributed by atoms with Gasteiger partial charge in [-0.3, -0.25) is 0 Å². The van der Waals surface area contributed by atoms with E-state index in [-0.39, 0.29) is 5.41 Å². The zero-order chi connectivity index (χ0) is 25.0. The highest BCUT2D eigenvalue weighted by molar-refractivity contribution is 6.42. The summed E-state index contributed by atoms with van der Waals surface area (Å²) in [6.07, 6.45) is 6.45. The molecule has 1 saturated carbocycles. The van der Waals surface area contributed by atoms with Crippen molar-refractivity contribution < 1.29 is 0 Å². The zero-order valence-electron chi connectivity index (χ0n) is 21.7. The van der Waals surface area contributed by atoms with Gasteiger partial charge in [-0.1, -0.05) is 104 Å². The molecule has 1 nitrogen and oxygen atoms in total. The van der Waals surface area contributed by atoms with E-state index < -0.39 is 0 Å². The van der Waals surface area contributed by atoms with Gasteiger partial charge in [-0.05, 0) is 73.8 Å². The first kappa shape index (κ1) is 20.9. The highest BCUT2D eigenvalue weighted by atomic mass is 15.1. The molecule has 1 fully saturated rings. The van der Waals surface area contributed by atoms with Crippen molar-refractivity contribution in [2.45, 2.75) is 37.5 Å². The Morgan fingerprint density at radius 3 is 1.97 bits per heavy atom. The number of rotatable bonds is 2. The predicted octanol–water partition coefficient (Wildman–Crippen LogP) is 10.2. The maximum atomic E-state index is 2.50. The summed E-state index contributed by atoms with van der Waals surface area (Å²) in [5, 5.41) is 14.3. The molecule has 1 heteroatoms. The minimum absolute atomic E-state index is 0.101. The van der Waals surface area contributed by atoms with Crippen LogP contribution < -0.4 is 4.90 Å². The van der Waals surface area contributed by atoms with E-state index in [4.69, 9.17) is 0 Å². The maximum Gasteiger partial charge on any atom is 0.0568 e. The summed E-state index contributed by atoms with van der Waals surface area (Å²) in [4.78, 5) is 2.42. The SMILES string of the molecule is CN(c1ccccc1)c1c2cccc3c2c2c4c(ccc5cccc(c6cccc1c62)c54)C31CCCCC1. The molecule has 0 aliphatic heterocycles. The first-order chi connectivity index (χ1) is 18.8. The molecule has 0 amide bonds. The second kappa shape index (κ2) is 7.26. The monoisotopic (exact) mass is 487 g/mol. The Kier molecular flexibility index (Phi) is 3.99. The van der Waals surface area contributed by atoms with E-state index in [2.05, 4.69) is 109 Å². The Balaban J connectivity index is 1.60. The summed E-state index contributed by atoms with van der Waals surface area (Å²) in [5.41, 5.74) is 5.80. The molecule has 0 bridgehead atoms. The lowest BCUT2D eigenvalue weighted by Gasteiger charge is -2.43. The van der Waals surface area contributed by atoms with Crippen molar-refractivity contribution in [1.82, 2.24) is 0 Å². The molecule has 7 aromatic carbocycles. The van der Waals surface area contributed by atoms with E-state index in [0.29, 0.717) is 0 Å². The Morgan fingerprint density at radius 2 is 1.16 bits per heavy atom. The number of hydrogen-bond acceptors (Lipinski definition) is 1. The van der Waals surface area contributed by atoms with Crippen LogP contribution >= 0.6 is 0 Å². The van der Waals surface area contributed by atoms with Crippen LogP contribution in [0.5, 0.6) is 0 Å². The normalized spacial score (nSPS) is 16.2. The van der Waals surface area contributed by atoms with Crippen molar-refractivity contribution in [2.24, 2.45) is 0 Å². The Morgan fingerprint density at radius 1 is 0.500 bits per heavy atom. The number of benzene rings is 7. The molecule has 0 aromatic heterocycles. The van der Waals surface area contributed by atoms with Crippen molar-refractivity contribution in [1.29, 1.82) is 0 Å². The summed E-state index contributed by atoms with van der Waals surface area (Å²) >= 11 is 0. The lowest BCUT2D eigenvalue weighted by atomic mass is 9.60. The minimum atomic E-state index is 0.101. The topological polar surface area (TPSA) is 3.24 Å². The van der Waals surface area contributed by atoms with Crippen LogP contribution in [0.2, 0.25) is 0 Å². The van der Waals surface area contributed by atoms with Crippen LogP contribution in [0.4, 0.5) is 11.4 Å². The molecule has 38 heavy (non-hydrogen) atoms. The molecule has 182 valence electrons. The highest BCUT2D eigenvalue weighted by Crippen LogP contribution is 2.59. The number of anilines is 2. The third-order valence-corrected chi connectivity index (χ3v) is 9.94. The molecule has 0 unspecified atom stereocenters. The van der Waals surface area contributed by atoms with Gasteiger partial charge in [0.2, 0.25) is 0 Å². The van der Waals surface area contributed by atoms with Crippen LogP contribution in [0.3, 0.4) is 0 Å². The molecule has 0 radical (unpaired) electrons. The van der Waals surface area contributed by atoms with Crippen LogP contribution in [-0.2, 0) is 5.41 Å². The fourth-order valence-electron chi connectivity index (χ4n) is 8.42. The fourth-order valence-corrected chi connectivity index (χ4v) is 8.42. The second-order valence-electron chi connectivity index (χ2n) is 11.6. The van der Waals surface area contributed by atoms with Gasteiger partial charge in [0.25, 0.3) is 0 Å². The summed E-state index contributed by atoms with van der Waals surface area (Å²) < 4.78 is 0. The van der Waals surface area contributed by atoms with Crippen molar-refractivity contribution in [3.8, 4) is 0 Å². The highest BCUT2D eigenvalue weighted by Gasteiger charge is 2.42. The molecule has 0 atom stereocenters. The average molecular weight is 488 g/mol. The van der Waals surface area contributed by atoms with Gasteiger partial charge in [0, 0.05) is 34.3 Å². The van der Waals surface area contributed by atoms with Gasteiger partial charge in [-0.25, -0.2) is 0 Å². The van der Waals surface area contributed by atoms with Gasteiger partial charge in [0.15, 0.2) is 0 Å². The van der Waals surface area contributed by atoms with Crippen molar-refractivity contribution >= 4 is 65.2 Å². The summed E-state index contributed by atoms with van der Waals surface area (Å²) in [6, 6.07) is 36.9. The van der Waals surface area contributed by atoms with Crippen molar-refractivity contribution in [3.63, 3.8) is 0 Å². The third-order valence-electron chi connectivity index (χ3n) is 9.94. The average Bonchev–Trinajstić information content (AvgIpc) is 2.98. The van der Waals surface area contributed by atoms with Crippen LogP contribution in [0.25, 0.3) is 53.9 Å². The first-order valence-corrected chi connectivity index (χ1v) is 14.2.